The molecule has 0 bridgehead atoms. The Kier molecular flexibility index (Phi) is 3.52. The molecule has 116 valence electrons. The number of pyridine rings is 1. The summed E-state index contributed by atoms with van der Waals surface area (Å²) in [6.45, 7) is 0.230. The number of benzene rings is 1. The van der Waals surface area contributed by atoms with Crippen molar-refractivity contribution in [2.75, 3.05) is 11.4 Å². The Morgan fingerprint density at radius 2 is 2.08 bits per heavy atom. The van der Waals surface area contributed by atoms with Crippen molar-refractivity contribution in [3.8, 4) is 6.07 Å². The number of nitriles is 1. The zero-order valence-corrected chi connectivity index (χ0v) is 13.2. The molecule has 0 unspecified atom stereocenters. The maximum Gasteiger partial charge on any atom is 0.214 e. The van der Waals surface area contributed by atoms with Crippen LogP contribution in [-0.4, -0.2) is 26.6 Å². The molecule has 0 spiro atoms. The number of hydrogen-bond acceptors (Lipinski definition) is 6. The van der Waals surface area contributed by atoms with Gasteiger partial charge in [0.2, 0.25) is 5.12 Å². The summed E-state index contributed by atoms with van der Waals surface area (Å²) in [5.74, 6) is 0.421. The first-order valence-corrected chi connectivity index (χ1v) is 8.06. The Morgan fingerprint density at radius 3 is 2.83 bits per heavy atom. The van der Waals surface area contributed by atoms with Crippen molar-refractivity contribution in [3.63, 3.8) is 0 Å². The van der Waals surface area contributed by atoms with Crippen molar-refractivity contribution >= 4 is 39.3 Å². The van der Waals surface area contributed by atoms with E-state index in [9.17, 15) is 10.1 Å². The van der Waals surface area contributed by atoms with Gasteiger partial charge in [-0.25, -0.2) is 9.97 Å². The number of para-hydroxylation sites is 1. The van der Waals surface area contributed by atoms with Crippen molar-refractivity contribution in [1.82, 2.24) is 15.0 Å². The third kappa shape index (κ3) is 2.43. The maximum absolute atomic E-state index is 12.0. The molecule has 0 radical (unpaired) electrons. The van der Waals surface area contributed by atoms with Gasteiger partial charge in [0, 0.05) is 11.9 Å². The molecule has 2 aromatic heterocycles. The lowest BCUT2D eigenvalue weighted by molar-refractivity contribution is -0.109. The molecule has 24 heavy (non-hydrogen) atoms. The number of aromatic amines is 1. The van der Waals surface area contributed by atoms with Crippen LogP contribution in [0.3, 0.4) is 0 Å². The minimum atomic E-state index is -0.00385. The van der Waals surface area contributed by atoms with Crippen LogP contribution in [-0.2, 0) is 4.79 Å². The van der Waals surface area contributed by atoms with Gasteiger partial charge in [-0.1, -0.05) is 18.2 Å². The molecule has 0 amide bonds. The van der Waals surface area contributed by atoms with Crippen LogP contribution in [0.5, 0.6) is 0 Å². The van der Waals surface area contributed by atoms with Crippen LogP contribution in [0.15, 0.2) is 53.7 Å². The molecule has 1 aliphatic heterocycles. The number of carbonyl (C=O) groups excluding carboxylic acids is 1. The topological polar surface area (TPSA) is 85.7 Å². The molecule has 0 aliphatic carbocycles. The summed E-state index contributed by atoms with van der Waals surface area (Å²) in [4.78, 5) is 25.5. The molecule has 6 nitrogen and oxygen atoms in total. The fraction of sp³-hybridized carbons (Fsp3) is 0.0588. The fourth-order valence-electron chi connectivity index (χ4n) is 2.56. The Morgan fingerprint density at radius 1 is 1.25 bits per heavy atom. The molecule has 0 saturated carbocycles. The zero-order valence-electron chi connectivity index (χ0n) is 12.4. The highest BCUT2D eigenvalue weighted by Crippen LogP contribution is 2.38. The van der Waals surface area contributed by atoms with Crippen molar-refractivity contribution in [2.24, 2.45) is 0 Å². The van der Waals surface area contributed by atoms with E-state index in [1.54, 1.807) is 12.3 Å². The van der Waals surface area contributed by atoms with E-state index in [0.29, 0.717) is 22.1 Å². The number of H-pyrrole nitrogens is 1. The number of nitrogens with one attached hydrogen (secondary N) is 1. The second-order valence-corrected chi connectivity index (χ2v) is 6.19. The molecule has 4 rings (SSSR count). The molecular weight excluding hydrogens is 322 g/mol. The number of allylic oxidation sites excluding steroid dienone is 1. The van der Waals surface area contributed by atoms with Gasteiger partial charge < -0.3 is 9.88 Å². The number of nitrogens with zero attached hydrogens (tertiary/aromatic N) is 4. The summed E-state index contributed by atoms with van der Waals surface area (Å²) in [5, 5.41) is 10.3. The largest absolute Gasteiger partial charge is 0.336 e. The Hall–Kier alpha value is -3.11. The highest BCUT2D eigenvalue weighted by Gasteiger charge is 2.31. The Labute approximate surface area is 141 Å². The lowest BCUT2D eigenvalue weighted by atomic mass is 10.2. The van der Waals surface area contributed by atoms with Crippen LogP contribution in [0.4, 0.5) is 5.69 Å². The van der Waals surface area contributed by atoms with Crippen molar-refractivity contribution in [1.29, 1.82) is 5.26 Å². The lowest BCUT2D eigenvalue weighted by Crippen LogP contribution is -2.19. The molecule has 0 atom stereocenters. The molecule has 1 aliphatic rings. The molecule has 1 saturated heterocycles. The van der Waals surface area contributed by atoms with Gasteiger partial charge in [0.25, 0.3) is 0 Å². The number of thioether (sulfide) groups is 1. The predicted molar refractivity (Wildman–Crippen MR) is 92.8 cm³/mol. The van der Waals surface area contributed by atoms with Crippen LogP contribution in [0.1, 0.15) is 5.82 Å². The first kappa shape index (κ1) is 14.5. The van der Waals surface area contributed by atoms with E-state index in [1.165, 1.54) is 0 Å². The standard InChI is InChI=1S/C17H11N5OS/c18-9-12(15-20-13-7-4-8-19-16(13)21-15)17-22(10-14(23)24-17)11-5-2-1-3-6-11/h1-8H,10H2,(H,19,20,21)/b17-12-. The normalized spacial score (nSPS) is 16.5. The smallest absolute Gasteiger partial charge is 0.214 e. The first-order valence-electron chi connectivity index (χ1n) is 7.25. The second kappa shape index (κ2) is 5.83. The lowest BCUT2D eigenvalue weighted by Gasteiger charge is -2.18. The third-order valence-electron chi connectivity index (χ3n) is 3.63. The minimum Gasteiger partial charge on any atom is -0.336 e. The van der Waals surface area contributed by atoms with Crippen molar-refractivity contribution < 1.29 is 4.79 Å². The summed E-state index contributed by atoms with van der Waals surface area (Å²) in [7, 11) is 0. The number of fused-ring (bicyclic) bond motifs is 1. The fourth-order valence-corrected chi connectivity index (χ4v) is 3.50. The van der Waals surface area contributed by atoms with Crippen LogP contribution >= 0.6 is 11.8 Å². The van der Waals surface area contributed by atoms with Gasteiger partial charge in [-0.2, -0.15) is 5.26 Å². The van der Waals surface area contributed by atoms with Gasteiger partial charge in [-0.15, -0.1) is 0 Å². The highest BCUT2D eigenvalue weighted by atomic mass is 32.2. The summed E-state index contributed by atoms with van der Waals surface area (Å²) < 4.78 is 0. The van der Waals surface area contributed by atoms with E-state index < -0.39 is 0 Å². The Bertz CT molecular complexity index is 969. The minimum absolute atomic E-state index is 0.00385. The summed E-state index contributed by atoms with van der Waals surface area (Å²) in [5.41, 5.74) is 2.50. The van der Waals surface area contributed by atoms with Crippen LogP contribution in [0, 0.1) is 11.3 Å². The van der Waals surface area contributed by atoms with Gasteiger partial charge >= 0.3 is 0 Å². The molecule has 3 aromatic rings. The third-order valence-corrected chi connectivity index (χ3v) is 4.61. The summed E-state index contributed by atoms with van der Waals surface area (Å²) in [6.07, 6.45) is 1.65. The highest BCUT2D eigenvalue weighted by molar-refractivity contribution is 8.17. The van der Waals surface area contributed by atoms with E-state index in [2.05, 4.69) is 21.0 Å². The van der Waals surface area contributed by atoms with Crippen LogP contribution in [0.2, 0.25) is 0 Å². The van der Waals surface area contributed by atoms with Gasteiger partial charge in [0.1, 0.15) is 16.7 Å². The van der Waals surface area contributed by atoms with Crippen molar-refractivity contribution in [2.45, 2.75) is 0 Å². The van der Waals surface area contributed by atoms with Gasteiger partial charge in [-0.05, 0) is 36.0 Å². The molecule has 1 fully saturated rings. The SMILES string of the molecule is N#C/C(=C1/SC(=O)CN1c1ccccc1)c1nc2ncccc2[nH]1. The molecular formula is C17H11N5OS. The molecule has 1 N–H and O–H groups in total. The first-order chi connectivity index (χ1) is 11.8. The van der Waals surface area contributed by atoms with E-state index in [1.807, 2.05) is 41.3 Å². The molecule has 7 heteroatoms. The second-order valence-electron chi connectivity index (χ2n) is 5.15. The number of anilines is 1. The summed E-state index contributed by atoms with van der Waals surface area (Å²) >= 11 is 1.07. The monoisotopic (exact) mass is 333 g/mol. The maximum atomic E-state index is 12.0. The number of rotatable bonds is 2. The number of imidazole rings is 1. The van der Waals surface area contributed by atoms with Crippen molar-refractivity contribution in [3.05, 3.63) is 59.5 Å². The van der Waals surface area contributed by atoms with E-state index in [4.69, 9.17) is 0 Å². The predicted octanol–water partition coefficient (Wildman–Crippen LogP) is 2.93. The summed E-state index contributed by atoms with van der Waals surface area (Å²) in [6, 6.07) is 15.4. The van der Waals surface area contributed by atoms with E-state index >= 15 is 0 Å². The number of aromatic nitrogens is 3. The van der Waals surface area contributed by atoms with Gasteiger partial charge in [0.05, 0.1) is 12.1 Å². The Balaban J connectivity index is 1.87. The number of hydrogen-bond donors (Lipinski definition) is 1. The van der Waals surface area contributed by atoms with Gasteiger partial charge in [-0.3, -0.25) is 4.79 Å². The average molecular weight is 333 g/mol. The molecule has 3 heterocycles. The van der Waals surface area contributed by atoms with Crippen LogP contribution in [0.25, 0.3) is 16.7 Å². The average Bonchev–Trinajstić information content (AvgIpc) is 3.20. The van der Waals surface area contributed by atoms with E-state index in [-0.39, 0.29) is 11.7 Å². The van der Waals surface area contributed by atoms with Gasteiger partial charge in [0.15, 0.2) is 11.5 Å². The quantitative estimate of drug-likeness (QED) is 0.726. The van der Waals surface area contributed by atoms with Crippen LogP contribution < -0.4 is 4.90 Å². The molecule has 1 aromatic carbocycles. The zero-order chi connectivity index (χ0) is 16.5. The number of carbonyl (C=O) groups is 1. The van der Waals surface area contributed by atoms with E-state index in [0.717, 1.165) is 23.0 Å².